The van der Waals surface area contributed by atoms with Gasteiger partial charge in [-0.15, -0.1) is 11.3 Å². The highest BCUT2D eigenvalue weighted by Crippen LogP contribution is 2.33. The number of hydrogen-bond acceptors (Lipinski definition) is 3. The molecule has 1 aromatic carbocycles. The topological polar surface area (TPSA) is 66.4 Å². The number of carbonyl (C=O) groups excluding carboxylic acids is 1. The summed E-state index contributed by atoms with van der Waals surface area (Å²) in [6.45, 7) is 0. The Balaban J connectivity index is 2.03. The second-order valence-electron chi connectivity index (χ2n) is 4.06. The highest BCUT2D eigenvalue weighted by atomic mass is 32.1. The smallest absolute Gasteiger partial charge is 0.345 e. The summed E-state index contributed by atoms with van der Waals surface area (Å²) in [6.07, 6.45) is 1.72. The molecule has 1 aromatic heterocycles. The molecule has 0 unspecified atom stereocenters. The van der Waals surface area contributed by atoms with Gasteiger partial charge in [-0.05, 0) is 24.3 Å². The van der Waals surface area contributed by atoms with Crippen molar-refractivity contribution >= 4 is 40.5 Å². The van der Waals surface area contributed by atoms with E-state index in [0.29, 0.717) is 5.57 Å². The third kappa shape index (κ3) is 2.04. The molecule has 0 bridgehead atoms. The average molecular weight is 271 g/mol. The van der Waals surface area contributed by atoms with Crippen molar-refractivity contribution in [1.29, 1.82) is 0 Å². The minimum Gasteiger partial charge on any atom is -0.477 e. The quantitative estimate of drug-likeness (QED) is 0.825. The molecule has 1 aliphatic heterocycles. The molecule has 19 heavy (non-hydrogen) atoms. The maximum absolute atomic E-state index is 11.9. The van der Waals surface area contributed by atoms with Crippen molar-refractivity contribution in [2.24, 2.45) is 0 Å². The highest BCUT2D eigenvalue weighted by molar-refractivity contribution is 7.14. The van der Waals surface area contributed by atoms with Crippen LogP contribution in [0.25, 0.3) is 11.6 Å². The van der Waals surface area contributed by atoms with Crippen molar-refractivity contribution in [3.05, 3.63) is 51.7 Å². The van der Waals surface area contributed by atoms with Crippen molar-refractivity contribution in [1.82, 2.24) is 0 Å². The summed E-state index contributed by atoms with van der Waals surface area (Å²) in [5.74, 6) is -1.11. The number of nitrogens with one attached hydrogen (secondary N) is 1. The van der Waals surface area contributed by atoms with Gasteiger partial charge < -0.3 is 10.4 Å². The third-order valence-corrected chi connectivity index (χ3v) is 3.85. The van der Waals surface area contributed by atoms with Gasteiger partial charge in [0.15, 0.2) is 0 Å². The van der Waals surface area contributed by atoms with Gasteiger partial charge in [0.1, 0.15) is 4.88 Å². The number of fused-ring (bicyclic) bond motifs is 1. The van der Waals surface area contributed by atoms with Crippen LogP contribution in [0.3, 0.4) is 0 Å². The number of carbonyl (C=O) groups is 2. The van der Waals surface area contributed by atoms with Crippen LogP contribution in [0, 0.1) is 0 Å². The van der Waals surface area contributed by atoms with E-state index < -0.39 is 5.97 Å². The predicted octanol–water partition coefficient (Wildman–Crippen LogP) is 2.94. The van der Waals surface area contributed by atoms with Crippen molar-refractivity contribution in [3.8, 4) is 0 Å². The van der Waals surface area contributed by atoms with Crippen molar-refractivity contribution < 1.29 is 14.7 Å². The fourth-order valence-electron chi connectivity index (χ4n) is 1.97. The molecule has 0 atom stereocenters. The Kier molecular flexibility index (Phi) is 2.68. The molecule has 1 aliphatic rings. The number of aromatic carboxylic acids is 1. The average Bonchev–Trinajstić information content (AvgIpc) is 2.96. The van der Waals surface area contributed by atoms with E-state index in [1.807, 2.05) is 24.3 Å². The summed E-state index contributed by atoms with van der Waals surface area (Å²) >= 11 is 1.15. The zero-order valence-electron chi connectivity index (χ0n) is 9.71. The second kappa shape index (κ2) is 4.37. The second-order valence-corrected chi connectivity index (χ2v) is 5.18. The zero-order chi connectivity index (χ0) is 13.4. The van der Waals surface area contributed by atoms with Crippen LogP contribution in [0.5, 0.6) is 0 Å². The lowest BCUT2D eigenvalue weighted by Crippen LogP contribution is -2.03. The number of carboxylic acid groups (broad SMARTS) is 1. The van der Waals surface area contributed by atoms with Crippen LogP contribution >= 0.6 is 11.3 Å². The largest absolute Gasteiger partial charge is 0.477 e. The van der Waals surface area contributed by atoms with E-state index in [-0.39, 0.29) is 10.8 Å². The molecule has 0 radical (unpaired) electrons. The Labute approximate surface area is 113 Å². The molecule has 0 fully saturated rings. The van der Waals surface area contributed by atoms with Gasteiger partial charge in [0.05, 0.1) is 5.57 Å². The fourth-order valence-corrected chi connectivity index (χ4v) is 2.76. The molecule has 2 heterocycles. The predicted molar refractivity (Wildman–Crippen MR) is 74.2 cm³/mol. The maximum atomic E-state index is 11.9. The lowest BCUT2D eigenvalue weighted by molar-refractivity contribution is -0.110. The van der Waals surface area contributed by atoms with Gasteiger partial charge in [-0.25, -0.2) is 4.79 Å². The lowest BCUT2D eigenvalue weighted by Gasteiger charge is -1.95. The lowest BCUT2D eigenvalue weighted by atomic mass is 10.1. The van der Waals surface area contributed by atoms with Crippen LogP contribution in [0.15, 0.2) is 36.4 Å². The Morgan fingerprint density at radius 3 is 2.74 bits per heavy atom. The van der Waals surface area contributed by atoms with E-state index in [1.54, 1.807) is 12.1 Å². The minimum atomic E-state index is -0.953. The summed E-state index contributed by atoms with van der Waals surface area (Å²) in [6, 6.07) is 10.7. The summed E-state index contributed by atoms with van der Waals surface area (Å²) < 4.78 is 0. The van der Waals surface area contributed by atoms with Gasteiger partial charge in [-0.3, -0.25) is 4.79 Å². The first kappa shape index (κ1) is 11.7. The van der Waals surface area contributed by atoms with Crippen molar-refractivity contribution in [2.75, 3.05) is 5.32 Å². The normalized spacial score (nSPS) is 15.4. The molecule has 0 saturated heterocycles. The molecule has 4 nitrogen and oxygen atoms in total. The number of carboxylic acids is 1. The van der Waals surface area contributed by atoms with Crippen LogP contribution in [-0.4, -0.2) is 17.0 Å². The van der Waals surface area contributed by atoms with Crippen LogP contribution in [0.2, 0.25) is 0 Å². The Hall–Kier alpha value is -2.40. The van der Waals surface area contributed by atoms with E-state index >= 15 is 0 Å². The van der Waals surface area contributed by atoms with Gasteiger partial charge in [-0.2, -0.15) is 0 Å². The standard InChI is InChI=1S/C14H9NO3S/c16-13-10(9-3-1-2-4-11(9)15-13)7-8-5-6-12(19-8)14(17)18/h1-7H,(H,15,16)(H,17,18). The summed E-state index contributed by atoms with van der Waals surface area (Å²) in [4.78, 5) is 23.7. The molecule has 5 heteroatoms. The zero-order valence-corrected chi connectivity index (χ0v) is 10.5. The molecular formula is C14H9NO3S. The number of benzene rings is 1. The molecule has 2 N–H and O–H groups in total. The summed E-state index contributed by atoms with van der Waals surface area (Å²) in [7, 11) is 0. The number of hydrogen-bond donors (Lipinski definition) is 2. The van der Waals surface area contributed by atoms with Gasteiger partial charge in [-0.1, -0.05) is 18.2 Å². The maximum Gasteiger partial charge on any atom is 0.345 e. The number of thiophene rings is 1. The molecule has 3 rings (SSSR count). The monoisotopic (exact) mass is 271 g/mol. The van der Waals surface area contributed by atoms with Crippen LogP contribution in [0.1, 0.15) is 20.1 Å². The number of anilines is 1. The molecule has 2 aromatic rings. The molecule has 0 saturated carbocycles. The van der Waals surface area contributed by atoms with Crippen LogP contribution < -0.4 is 5.32 Å². The first-order valence-electron chi connectivity index (χ1n) is 5.61. The summed E-state index contributed by atoms with van der Waals surface area (Å²) in [5.41, 5.74) is 2.20. The Bertz CT molecular complexity index is 715. The molecular weight excluding hydrogens is 262 g/mol. The number of amides is 1. The van der Waals surface area contributed by atoms with Crippen molar-refractivity contribution in [3.63, 3.8) is 0 Å². The fraction of sp³-hybridized carbons (Fsp3) is 0. The van der Waals surface area contributed by atoms with Crippen LogP contribution in [-0.2, 0) is 4.79 Å². The van der Waals surface area contributed by atoms with E-state index in [0.717, 1.165) is 27.5 Å². The number of para-hydroxylation sites is 1. The molecule has 0 aliphatic carbocycles. The van der Waals surface area contributed by atoms with Gasteiger partial charge >= 0.3 is 5.97 Å². The van der Waals surface area contributed by atoms with E-state index in [2.05, 4.69) is 5.32 Å². The Morgan fingerprint density at radius 2 is 2.00 bits per heavy atom. The van der Waals surface area contributed by atoms with E-state index in [1.165, 1.54) is 6.07 Å². The van der Waals surface area contributed by atoms with Crippen LogP contribution in [0.4, 0.5) is 5.69 Å². The molecule has 0 spiro atoms. The first-order valence-corrected chi connectivity index (χ1v) is 6.42. The van der Waals surface area contributed by atoms with Gasteiger partial charge in [0.2, 0.25) is 0 Å². The van der Waals surface area contributed by atoms with Gasteiger partial charge in [0, 0.05) is 16.1 Å². The highest BCUT2D eigenvalue weighted by Gasteiger charge is 2.23. The number of rotatable bonds is 2. The van der Waals surface area contributed by atoms with E-state index in [9.17, 15) is 9.59 Å². The molecule has 94 valence electrons. The first-order chi connectivity index (χ1) is 9.15. The Morgan fingerprint density at radius 1 is 1.21 bits per heavy atom. The molecule has 1 amide bonds. The third-order valence-electron chi connectivity index (χ3n) is 2.83. The van der Waals surface area contributed by atoms with Gasteiger partial charge in [0.25, 0.3) is 5.91 Å². The summed E-state index contributed by atoms with van der Waals surface area (Å²) in [5, 5.41) is 11.7. The minimum absolute atomic E-state index is 0.161. The van der Waals surface area contributed by atoms with E-state index in [4.69, 9.17) is 5.11 Å². The van der Waals surface area contributed by atoms with Crippen molar-refractivity contribution in [2.45, 2.75) is 0 Å². The SMILES string of the molecule is O=C1Nc2ccccc2C1=Cc1ccc(C(=O)O)s1.